The first-order valence-electron chi connectivity index (χ1n) is 8.49. The average Bonchev–Trinajstić information content (AvgIpc) is 3.26. The third-order valence-electron chi connectivity index (χ3n) is 5.25. The number of carboxylic acid groups (broad SMARTS) is 1. The molecule has 0 aromatic heterocycles. The number of ether oxygens (including phenoxy) is 1. The van der Waals surface area contributed by atoms with Gasteiger partial charge in [0.15, 0.2) is 5.17 Å². The highest BCUT2D eigenvalue weighted by Gasteiger charge is 2.71. The van der Waals surface area contributed by atoms with Crippen LogP contribution in [0.15, 0.2) is 4.99 Å². The predicted molar refractivity (Wildman–Crippen MR) is 94.9 cm³/mol. The number of aliphatic imine (C=N–C) groups is 1. The van der Waals surface area contributed by atoms with Crippen LogP contribution in [0.2, 0.25) is 0 Å². The molecule has 0 unspecified atom stereocenters. The van der Waals surface area contributed by atoms with Crippen molar-refractivity contribution in [3.8, 4) is 0 Å². The number of carbonyl (C=O) groups excluding carboxylic acids is 3. The number of halogens is 3. The molecule has 2 fully saturated rings. The molecule has 13 heteroatoms. The van der Waals surface area contributed by atoms with Crippen molar-refractivity contribution in [1.82, 2.24) is 9.80 Å². The van der Waals surface area contributed by atoms with Crippen LogP contribution < -0.4 is 0 Å². The minimum atomic E-state index is -5.08. The lowest BCUT2D eigenvalue weighted by Gasteiger charge is -2.37. The van der Waals surface area contributed by atoms with Gasteiger partial charge in [0.05, 0.1) is 31.5 Å². The highest BCUT2D eigenvalue weighted by Crippen LogP contribution is 2.51. The number of amidine groups is 1. The van der Waals surface area contributed by atoms with Crippen molar-refractivity contribution >= 4 is 40.7 Å². The molecule has 3 aliphatic heterocycles. The molecule has 0 saturated carbocycles. The number of thioether (sulfide) groups is 1. The number of likely N-dealkylation sites (tertiary alicyclic amines) is 1. The fourth-order valence-electron chi connectivity index (χ4n) is 4.07. The van der Waals surface area contributed by atoms with Gasteiger partial charge in [-0.05, 0) is 20.1 Å². The first-order chi connectivity index (χ1) is 13.4. The monoisotopic (exact) mass is 439 g/mol. The van der Waals surface area contributed by atoms with Crippen molar-refractivity contribution in [1.29, 1.82) is 0 Å². The number of nitrogens with zero attached hydrogens (tertiary/aromatic N) is 3. The van der Waals surface area contributed by atoms with Crippen LogP contribution in [0.3, 0.4) is 0 Å². The highest BCUT2D eigenvalue weighted by atomic mass is 32.2. The minimum absolute atomic E-state index is 0.197. The second-order valence-corrected chi connectivity index (χ2v) is 7.40. The molecule has 2 saturated heterocycles. The Morgan fingerprint density at radius 3 is 2.31 bits per heavy atom. The number of fused-ring (bicyclic) bond motifs is 3. The Labute approximate surface area is 168 Å². The zero-order valence-electron chi connectivity index (χ0n) is 16.0. The second kappa shape index (κ2) is 7.84. The van der Waals surface area contributed by atoms with E-state index in [0.717, 1.165) is 0 Å². The predicted octanol–water partition coefficient (Wildman–Crippen LogP) is 0.589. The van der Waals surface area contributed by atoms with Crippen LogP contribution in [0.4, 0.5) is 13.2 Å². The zero-order chi connectivity index (χ0) is 22.3. The molecule has 0 aliphatic carbocycles. The lowest BCUT2D eigenvalue weighted by atomic mass is 9.81. The number of esters is 1. The van der Waals surface area contributed by atoms with Crippen molar-refractivity contribution in [2.75, 3.05) is 26.5 Å². The fourth-order valence-corrected chi connectivity index (χ4v) is 4.80. The molecule has 3 aliphatic rings. The van der Waals surface area contributed by atoms with E-state index in [2.05, 4.69) is 4.99 Å². The zero-order valence-corrected chi connectivity index (χ0v) is 16.8. The Morgan fingerprint density at radius 2 is 1.90 bits per heavy atom. The van der Waals surface area contributed by atoms with E-state index in [1.54, 1.807) is 13.8 Å². The first kappa shape index (κ1) is 23.0. The Morgan fingerprint density at radius 1 is 1.34 bits per heavy atom. The third-order valence-corrected chi connectivity index (χ3v) is 5.95. The van der Waals surface area contributed by atoms with Gasteiger partial charge in [-0.2, -0.15) is 13.2 Å². The van der Waals surface area contributed by atoms with Crippen LogP contribution in [-0.4, -0.2) is 88.0 Å². The number of aliphatic carboxylic acids is 1. The number of rotatable bonds is 2. The lowest BCUT2D eigenvalue weighted by molar-refractivity contribution is -0.192. The minimum Gasteiger partial charge on any atom is -0.475 e. The molecule has 0 aromatic carbocycles. The number of alkyl halides is 3. The average molecular weight is 439 g/mol. The summed E-state index contributed by atoms with van der Waals surface area (Å²) in [6, 6.07) is -0.246. The first-order valence-corrected chi connectivity index (χ1v) is 9.71. The van der Waals surface area contributed by atoms with E-state index in [9.17, 15) is 27.6 Å². The molecule has 0 aromatic rings. The summed E-state index contributed by atoms with van der Waals surface area (Å²) < 4.78 is 36.7. The number of methoxy groups -OCH3 is 1. The molecule has 162 valence electrons. The molecule has 9 nitrogen and oxygen atoms in total. The molecule has 29 heavy (non-hydrogen) atoms. The summed E-state index contributed by atoms with van der Waals surface area (Å²) >= 11 is 1.42. The van der Waals surface area contributed by atoms with Gasteiger partial charge in [0.25, 0.3) is 0 Å². The molecular formula is C16H20F3N3O6S. The molecule has 4 atom stereocenters. The van der Waals surface area contributed by atoms with Crippen LogP contribution >= 0.6 is 11.8 Å². The molecule has 1 N–H and O–H groups in total. The molecule has 0 bridgehead atoms. The SMILES string of the molecule is CCN1C(=O)[C@H]2[C@H]3CN=C(SC)N3[C@@](C)(C(=O)OC)[C@H]2C1=O.O=C(O)C(F)(F)F. The van der Waals surface area contributed by atoms with Gasteiger partial charge < -0.3 is 14.7 Å². The van der Waals surface area contributed by atoms with Crippen molar-refractivity contribution < 1.29 is 42.2 Å². The van der Waals surface area contributed by atoms with Gasteiger partial charge in [-0.3, -0.25) is 19.5 Å². The van der Waals surface area contributed by atoms with Crippen LogP contribution in [0.5, 0.6) is 0 Å². The number of carboxylic acids is 1. The smallest absolute Gasteiger partial charge is 0.475 e. The van der Waals surface area contributed by atoms with Gasteiger partial charge in [-0.15, -0.1) is 0 Å². The molecular weight excluding hydrogens is 419 g/mol. The van der Waals surface area contributed by atoms with Gasteiger partial charge in [0.1, 0.15) is 5.54 Å². The maximum atomic E-state index is 12.7. The normalized spacial score (nSPS) is 30.4. The van der Waals surface area contributed by atoms with Crippen LogP contribution in [0.25, 0.3) is 0 Å². The second-order valence-electron chi connectivity index (χ2n) is 6.63. The molecule has 0 spiro atoms. The standard InChI is InChI=1S/C14H19N3O4S.C2HF3O2/c1-5-16-10(18)8-7-6-15-13(22-4)17(7)14(2,12(20)21-3)9(8)11(16)19;3-2(4,5)1(6)7/h7-9H,5-6H2,1-4H3;(H,6,7)/t7-,8+,9-,14-;/m1./s1. The number of hydrogen-bond donors (Lipinski definition) is 1. The van der Waals surface area contributed by atoms with E-state index >= 15 is 0 Å². The Hall–Kier alpha value is -2.31. The van der Waals surface area contributed by atoms with Gasteiger partial charge in [0.2, 0.25) is 11.8 Å². The van der Waals surface area contributed by atoms with E-state index in [1.807, 2.05) is 11.2 Å². The Kier molecular flexibility index (Phi) is 6.21. The van der Waals surface area contributed by atoms with E-state index in [0.29, 0.717) is 18.3 Å². The van der Waals surface area contributed by atoms with Gasteiger partial charge in [-0.1, -0.05) is 11.8 Å². The summed E-state index contributed by atoms with van der Waals surface area (Å²) in [5, 5.41) is 7.82. The van der Waals surface area contributed by atoms with Crippen LogP contribution in [0.1, 0.15) is 13.8 Å². The van der Waals surface area contributed by atoms with Crippen molar-refractivity contribution in [3.63, 3.8) is 0 Å². The van der Waals surface area contributed by atoms with E-state index in [1.165, 1.54) is 23.8 Å². The largest absolute Gasteiger partial charge is 0.490 e. The summed E-state index contributed by atoms with van der Waals surface area (Å²) in [6.45, 7) is 4.21. The van der Waals surface area contributed by atoms with E-state index in [4.69, 9.17) is 14.6 Å². The van der Waals surface area contributed by atoms with Gasteiger partial charge in [0, 0.05) is 6.54 Å². The highest BCUT2D eigenvalue weighted by molar-refractivity contribution is 8.13. The number of imide groups is 1. The number of amides is 2. The Bertz CT molecular complexity index is 773. The summed E-state index contributed by atoms with van der Waals surface area (Å²) in [5.41, 5.74) is -1.18. The number of carbonyl (C=O) groups is 4. The summed E-state index contributed by atoms with van der Waals surface area (Å²) in [6.07, 6.45) is -3.21. The van der Waals surface area contributed by atoms with Crippen molar-refractivity contribution in [2.45, 2.75) is 31.6 Å². The Balaban J connectivity index is 0.000000370. The van der Waals surface area contributed by atoms with Crippen LogP contribution in [0, 0.1) is 11.8 Å². The summed E-state index contributed by atoms with van der Waals surface area (Å²) in [5.74, 6) is -4.95. The van der Waals surface area contributed by atoms with Crippen LogP contribution in [-0.2, 0) is 23.9 Å². The molecule has 0 radical (unpaired) electrons. The maximum absolute atomic E-state index is 12.7. The van der Waals surface area contributed by atoms with E-state index in [-0.39, 0.29) is 17.9 Å². The fraction of sp³-hybridized carbons (Fsp3) is 0.688. The van der Waals surface area contributed by atoms with Gasteiger partial charge >= 0.3 is 18.1 Å². The summed E-state index contributed by atoms with van der Waals surface area (Å²) in [7, 11) is 1.31. The number of hydrogen-bond acceptors (Lipinski definition) is 8. The van der Waals surface area contributed by atoms with Crippen molar-refractivity contribution in [2.24, 2.45) is 16.8 Å². The third kappa shape index (κ3) is 3.45. The van der Waals surface area contributed by atoms with Gasteiger partial charge in [-0.25, -0.2) is 9.59 Å². The molecule has 3 heterocycles. The quantitative estimate of drug-likeness (QED) is 0.491. The topological polar surface area (TPSA) is 117 Å². The molecule has 3 rings (SSSR count). The lowest BCUT2D eigenvalue weighted by Crippen LogP contribution is -2.57. The van der Waals surface area contributed by atoms with E-state index < -0.39 is 35.5 Å². The maximum Gasteiger partial charge on any atom is 0.490 e. The van der Waals surface area contributed by atoms with Crippen molar-refractivity contribution in [3.05, 3.63) is 0 Å². The summed E-state index contributed by atoms with van der Waals surface area (Å²) in [4.78, 5) is 54.3. The molecule has 2 amide bonds.